The first-order valence-corrected chi connectivity index (χ1v) is 7.35. The van der Waals surface area contributed by atoms with Crippen LogP contribution < -0.4 is 14.8 Å². The van der Waals surface area contributed by atoms with Gasteiger partial charge in [0.05, 0.1) is 20.0 Å². The summed E-state index contributed by atoms with van der Waals surface area (Å²) in [6.45, 7) is 3.04. The second-order valence-electron chi connectivity index (χ2n) is 4.04. The van der Waals surface area contributed by atoms with Crippen molar-refractivity contribution >= 4 is 11.8 Å². The molecular weight excluding hydrogens is 258 g/mol. The summed E-state index contributed by atoms with van der Waals surface area (Å²) < 4.78 is 10.6. The van der Waals surface area contributed by atoms with Crippen LogP contribution in [0, 0.1) is 12.3 Å². The van der Waals surface area contributed by atoms with E-state index >= 15 is 0 Å². The summed E-state index contributed by atoms with van der Waals surface area (Å²) in [5.41, 5.74) is 1.13. The van der Waals surface area contributed by atoms with Gasteiger partial charge in [0.2, 0.25) is 0 Å². The van der Waals surface area contributed by atoms with Crippen LogP contribution in [0.15, 0.2) is 18.2 Å². The van der Waals surface area contributed by atoms with Crippen LogP contribution in [0.2, 0.25) is 0 Å². The number of nitrogens with one attached hydrogen (secondary N) is 1. The molecule has 0 saturated heterocycles. The Morgan fingerprint density at radius 1 is 1.37 bits per heavy atom. The molecule has 1 rings (SSSR count). The van der Waals surface area contributed by atoms with Crippen molar-refractivity contribution in [2.75, 3.05) is 32.3 Å². The van der Waals surface area contributed by atoms with E-state index in [9.17, 15) is 0 Å². The monoisotopic (exact) mass is 279 g/mol. The highest BCUT2D eigenvalue weighted by Gasteiger charge is 2.11. The SMILES string of the molecule is C#CCSCCNC(C)c1ccc(OC)cc1OC. The highest BCUT2D eigenvalue weighted by atomic mass is 32.2. The summed E-state index contributed by atoms with van der Waals surface area (Å²) in [7, 11) is 3.33. The van der Waals surface area contributed by atoms with Gasteiger partial charge in [0.1, 0.15) is 11.5 Å². The molecule has 1 aromatic rings. The third-order valence-corrected chi connectivity index (χ3v) is 3.65. The van der Waals surface area contributed by atoms with Crippen molar-refractivity contribution in [1.82, 2.24) is 5.32 Å². The Morgan fingerprint density at radius 3 is 2.79 bits per heavy atom. The fourth-order valence-electron chi connectivity index (χ4n) is 1.76. The lowest BCUT2D eigenvalue weighted by Gasteiger charge is -2.17. The molecule has 0 amide bonds. The van der Waals surface area contributed by atoms with Crippen molar-refractivity contribution < 1.29 is 9.47 Å². The van der Waals surface area contributed by atoms with Gasteiger partial charge in [0.15, 0.2) is 0 Å². The maximum atomic E-state index is 5.40. The van der Waals surface area contributed by atoms with Crippen LogP contribution in [0.5, 0.6) is 11.5 Å². The Kier molecular flexibility index (Phi) is 7.24. The van der Waals surface area contributed by atoms with E-state index in [0.29, 0.717) is 0 Å². The van der Waals surface area contributed by atoms with Crippen LogP contribution >= 0.6 is 11.8 Å². The van der Waals surface area contributed by atoms with Crippen molar-refractivity contribution in [1.29, 1.82) is 0 Å². The fraction of sp³-hybridized carbons (Fsp3) is 0.467. The number of benzene rings is 1. The van der Waals surface area contributed by atoms with Gasteiger partial charge < -0.3 is 14.8 Å². The van der Waals surface area contributed by atoms with Crippen LogP contribution in [0.25, 0.3) is 0 Å². The molecule has 0 aliphatic heterocycles. The van der Waals surface area contributed by atoms with Gasteiger partial charge in [0, 0.05) is 30.0 Å². The maximum absolute atomic E-state index is 5.40. The summed E-state index contributed by atoms with van der Waals surface area (Å²) in [6, 6.07) is 6.11. The molecule has 0 aliphatic rings. The Hall–Kier alpha value is -1.31. The summed E-state index contributed by atoms with van der Waals surface area (Å²) >= 11 is 1.76. The molecule has 0 aliphatic carbocycles. The molecule has 0 spiro atoms. The first-order chi connectivity index (χ1) is 9.22. The van der Waals surface area contributed by atoms with Gasteiger partial charge in [-0.15, -0.1) is 18.2 Å². The minimum atomic E-state index is 0.229. The molecule has 0 bridgehead atoms. The zero-order valence-electron chi connectivity index (χ0n) is 11.7. The molecule has 1 unspecified atom stereocenters. The summed E-state index contributed by atoms with van der Waals surface area (Å²) in [6.07, 6.45) is 5.21. The van der Waals surface area contributed by atoms with Gasteiger partial charge >= 0.3 is 0 Å². The van der Waals surface area contributed by atoms with Gasteiger partial charge in [0.25, 0.3) is 0 Å². The highest BCUT2D eigenvalue weighted by Crippen LogP contribution is 2.29. The van der Waals surface area contributed by atoms with Crippen LogP contribution in [0.4, 0.5) is 0 Å². The number of hydrogen-bond acceptors (Lipinski definition) is 4. The maximum Gasteiger partial charge on any atom is 0.127 e. The minimum Gasteiger partial charge on any atom is -0.497 e. The minimum absolute atomic E-state index is 0.229. The van der Waals surface area contributed by atoms with Crippen molar-refractivity contribution in [3.63, 3.8) is 0 Å². The zero-order valence-corrected chi connectivity index (χ0v) is 12.5. The smallest absolute Gasteiger partial charge is 0.127 e. The Balaban J connectivity index is 2.56. The summed E-state index contributed by atoms with van der Waals surface area (Å²) in [5.74, 6) is 6.04. The molecule has 0 radical (unpaired) electrons. The molecule has 4 heteroatoms. The van der Waals surface area contributed by atoms with Gasteiger partial charge in [-0.3, -0.25) is 0 Å². The first kappa shape index (κ1) is 15.7. The molecular formula is C15H21NO2S. The molecule has 0 aromatic heterocycles. The van der Waals surface area contributed by atoms with Crippen molar-refractivity contribution in [3.8, 4) is 23.8 Å². The lowest BCUT2D eigenvalue weighted by atomic mass is 10.1. The lowest BCUT2D eigenvalue weighted by Crippen LogP contribution is -2.21. The second kappa shape index (κ2) is 8.73. The van der Waals surface area contributed by atoms with Gasteiger partial charge in [-0.05, 0) is 13.0 Å². The normalized spacial score (nSPS) is 11.7. The highest BCUT2D eigenvalue weighted by molar-refractivity contribution is 7.99. The van der Waals surface area contributed by atoms with E-state index in [4.69, 9.17) is 15.9 Å². The van der Waals surface area contributed by atoms with E-state index in [2.05, 4.69) is 18.2 Å². The average Bonchev–Trinajstić information content (AvgIpc) is 2.46. The van der Waals surface area contributed by atoms with Crippen molar-refractivity contribution in [2.45, 2.75) is 13.0 Å². The lowest BCUT2D eigenvalue weighted by molar-refractivity contribution is 0.386. The Morgan fingerprint density at radius 2 is 2.16 bits per heavy atom. The van der Waals surface area contributed by atoms with Gasteiger partial charge in [-0.1, -0.05) is 12.0 Å². The van der Waals surface area contributed by atoms with Crippen molar-refractivity contribution in [2.24, 2.45) is 0 Å². The molecule has 104 valence electrons. The molecule has 3 nitrogen and oxygen atoms in total. The number of thioether (sulfide) groups is 1. The third-order valence-electron chi connectivity index (χ3n) is 2.79. The second-order valence-corrected chi connectivity index (χ2v) is 5.15. The van der Waals surface area contributed by atoms with Crippen LogP contribution in [-0.4, -0.2) is 32.3 Å². The summed E-state index contributed by atoms with van der Waals surface area (Å²) in [5, 5.41) is 3.46. The van der Waals surface area contributed by atoms with Crippen LogP contribution in [0.3, 0.4) is 0 Å². The Labute approximate surface area is 120 Å². The molecule has 0 heterocycles. The van der Waals surface area contributed by atoms with Crippen molar-refractivity contribution in [3.05, 3.63) is 23.8 Å². The number of methoxy groups -OCH3 is 2. The summed E-state index contributed by atoms with van der Waals surface area (Å²) in [4.78, 5) is 0. The van der Waals surface area contributed by atoms with Crippen LogP contribution in [0.1, 0.15) is 18.5 Å². The standard InChI is InChI=1S/C15H21NO2S/c1-5-9-19-10-8-16-12(2)14-7-6-13(17-3)11-15(14)18-4/h1,6-7,11-12,16H,8-10H2,2-4H3. The van der Waals surface area contributed by atoms with Gasteiger partial charge in [-0.2, -0.15) is 0 Å². The molecule has 0 fully saturated rings. The van der Waals surface area contributed by atoms with E-state index in [1.165, 1.54) is 0 Å². The molecule has 1 atom stereocenters. The van der Waals surface area contributed by atoms with Gasteiger partial charge in [-0.25, -0.2) is 0 Å². The van der Waals surface area contributed by atoms with E-state index in [-0.39, 0.29) is 6.04 Å². The zero-order chi connectivity index (χ0) is 14.1. The number of hydrogen-bond donors (Lipinski definition) is 1. The molecule has 1 aromatic carbocycles. The largest absolute Gasteiger partial charge is 0.497 e. The topological polar surface area (TPSA) is 30.5 Å². The van der Waals surface area contributed by atoms with Crippen LogP contribution in [-0.2, 0) is 0 Å². The molecule has 19 heavy (non-hydrogen) atoms. The number of rotatable bonds is 8. The number of ether oxygens (including phenoxy) is 2. The average molecular weight is 279 g/mol. The number of terminal acetylenes is 1. The first-order valence-electron chi connectivity index (χ1n) is 6.19. The molecule has 0 saturated carbocycles. The van der Waals surface area contributed by atoms with E-state index < -0.39 is 0 Å². The third kappa shape index (κ3) is 5.06. The van der Waals surface area contributed by atoms with E-state index in [1.807, 2.05) is 18.2 Å². The fourth-order valence-corrected chi connectivity index (χ4v) is 2.29. The Bertz CT molecular complexity index is 429. The predicted octanol–water partition coefficient (Wildman–Crippen LogP) is 2.72. The van der Waals surface area contributed by atoms with E-state index in [0.717, 1.165) is 35.1 Å². The molecule has 1 N–H and O–H groups in total. The van der Waals surface area contributed by atoms with E-state index in [1.54, 1.807) is 26.0 Å². The predicted molar refractivity (Wildman–Crippen MR) is 82.1 cm³/mol. The quantitative estimate of drug-likeness (QED) is 0.585.